The van der Waals surface area contributed by atoms with Gasteiger partial charge in [0.2, 0.25) is 5.91 Å². The smallest absolute Gasteiger partial charge is 0.234 e. The summed E-state index contributed by atoms with van der Waals surface area (Å²) in [5, 5.41) is 3.03. The van der Waals surface area contributed by atoms with Crippen molar-refractivity contribution in [2.75, 3.05) is 39.8 Å². The number of piperazine rings is 1. The lowest BCUT2D eigenvalue weighted by Gasteiger charge is -2.34. The van der Waals surface area contributed by atoms with E-state index in [2.05, 4.69) is 34.2 Å². The zero-order valence-electron chi connectivity index (χ0n) is 14.5. The number of amides is 1. The molecular weight excluding hydrogens is 290 g/mol. The normalized spacial score (nSPS) is 17.7. The molecule has 23 heavy (non-hydrogen) atoms. The van der Waals surface area contributed by atoms with Gasteiger partial charge in [-0.25, -0.2) is 0 Å². The molecule has 1 aromatic rings. The summed E-state index contributed by atoms with van der Waals surface area (Å²) < 4.78 is 5.19. The predicted octanol–water partition coefficient (Wildman–Crippen LogP) is 1.73. The zero-order chi connectivity index (χ0) is 16.7. The number of nitrogens with one attached hydrogen (secondary N) is 1. The molecule has 1 saturated heterocycles. The topological polar surface area (TPSA) is 44.8 Å². The van der Waals surface area contributed by atoms with Crippen molar-refractivity contribution >= 4 is 5.91 Å². The second-order valence-corrected chi connectivity index (χ2v) is 6.28. The first-order valence-electron chi connectivity index (χ1n) is 8.47. The van der Waals surface area contributed by atoms with Crippen LogP contribution in [0.2, 0.25) is 0 Å². The highest BCUT2D eigenvalue weighted by Gasteiger charge is 2.19. The van der Waals surface area contributed by atoms with E-state index in [1.54, 1.807) is 7.11 Å². The maximum atomic E-state index is 11.9. The van der Waals surface area contributed by atoms with Crippen molar-refractivity contribution in [3.8, 4) is 5.75 Å². The van der Waals surface area contributed by atoms with Gasteiger partial charge in [0, 0.05) is 38.8 Å². The molecule has 5 heteroatoms. The fourth-order valence-corrected chi connectivity index (χ4v) is 2.72. The minimum absolute atomic E-state index is 0.142. The van der Waals surface area contributed by atoms with Gasteiger partial charge in [-0.2, -0.15) is 0 Å². The molecule has 1 N–H and O–H groups in total. The molecule has 1 fully saturated rings. The first kappa shape index (κ1) is 17.8. The first-order chi connectivity index (χ1) is 11.1. The number of carbonyl (C=O) groups excluding carboxylic acids is 1. The van der Waals surface area contributed by atoms with E-state index in [4.69, 9.17) is 4.74 Å². The molecule has 1 aromatic carbocycles. The minimum atomic E-state index is 0.142. The van der Waals surface area contributed by atoms with E-state index in [9.17, 15) is 4.79 Å². The molecule has 1 atom stereocenters. The molecule has 0 radical (unpaired) electrons. The van der Waals surface area contributed by atoms with Gasteiger partial charge < -0.3 is 10.1 Å². The van der Waals surface area contributed by atoms with E-state index in [0.29, 0.717) is 6.54 Å². The van der Waals surface area contributed by atoms with Crippen LogP contribution in [0.3, 0.4) is 0 Å². The van der Waals surface area contributed by atoms with E-state index in [0.717, 1.165) is 44.9 Å². The highest BCUT2D eigenvalue weighted by molar-refractivity contribution is 5.78. The summed E-state index contributed by atoms with van der Waals surface area (Å²) in [6, 6.07) is 8.50. The van der Waals surface area contributed by atoms with Gasteiger partial charge in [0.25, 0.3) is 0 Å². The summed E-state index contributed by atoms with van der Waals surface area (Å²) in [6.07, 6.45) is 0.974. The summed E-state index contributed by atoms with van der Waals surface area (Å²) in [4.78, 5) is 16.6. The molecule has 0 bridgehead atoms. The zero-order valence-corrected chi connectivity index (χ0v) is 14.5. The number of hydrogen-bond acceptors (Lipinski definition) is 4. The van der Waals surface area contributed by atoms with Gasteiger partial charge in [0.05, 0.1) is 13.7 Å². The van der Waals surface area contributed by atoms with Crippen LogP contribution in [0.4, 0.5) is 0 Å². The fourth-order valence-electron chi connectivity index (χ4n) is 2.72. The number of benzene rings is 1. The van der Waals surface area contributed by atoms with Gasteiger partial charge in [-0.3, -0.25) is 14.6 Å². The van der Waals surface area contributed by atoms with Gasteiger partial charge in [0.1, 0.15) is 5.75 Å². The molecule has 0 saturated carbocycles. The summed E-state index contributed by atoms with van der Waals surface area (Å²) >= 11 is 0. The quantitative estimate of drug-likeness (QED) is 0.831. The highest BCUT2D eigenvalue weighted by Crippen LogP contribution is 2.14. The van der Waals surface area contributed by atoms with E-state index >= 15 is 0 Å². The Morgan fingerprint density at radius 3 is 2.35 bits per heavy atom. The Labute approximate surface area is 139 Å². The lowest BCUT2D eigenvalue weighted by Crippen LogP contribution is -2.49. The van der Waals surface area contributed by atoms with E-state index in [1.807, 2.05) is 19.1 Å². The van der Waals surface area contributed by atoms with Gasteiger partial charge in [-0.1, -0.05) is 19.1 Å². The molecule has 2 rings (SSSR count). The Morgan fingerprint density at radius 1 is 1.17 bits per heavy atom. The third-order valence-corrected chi connectivity index (χ3v) is 4.42. The maximum absolute atomic E-state index is 11.9. The van der Waals surface area contributed by atoms with Crippen LogP contribution in [0.5, 0.6) is 5.75 Å². The molecule has 5 nitrogen and oxygen atoms in total. The van der Waals surface area contributed by atoms with Crippen LogP contribution in [0.15, 0.2) is 24.3 Å². The second-order valence-electron chi connectivity index (χ2n) is 6.28. The Hall–Kier alpha value is -1.59. The third kappa shape index (κ3) is 5.84. The van der Waals surface area contributed by atoms with Crippen molar-refractivity contribution in [3.05, 3.63) is 29.8 Å². The van der Waals surface area contributed by atoms with Crippen LogP contribution < -0.4 is 10.1 Å². The molecule has 0 aromatic heterocycles. The van der Waals surface area contributed by atoms with Crippen LogP contribution in [-0.4, -0.2) is 61.6 Å². The van der Waals surface area contributed by atoms with Gasteiger partial charge in [-0.15, -0.1) is 0 Å². The monoisotopic (exact) mass is 319 g/mol. The molecule has 0 unspecified atom stereocenters. The Bertz CT molecular complexity index is 482. The summed E-state index contributed by atoms with van der Waals surface area (Å²) in [5.74, 6) is 1.04. The first-order valence-corrected chi connectivity index (χ1v) is 8.47. The largest absolute Gasteiger partial charge is 0.497 e. The SMILES string of the molecule is CC[C@@H](C)NC(=O)CN1CCN(Cc2ccc(OC)cc2)CC1. The number of hydrogen-bond donors (Lipinski definition) is 1. The van der Waals surface area contributed by atoms with Gasteiger partial charge in [-0.05, 0) is 31.0 Å². The lowest BCUT2D eigenvalue weighted by molar-refractivity contribution is -0.123. The van der Waals surface area contributed by atoms with Crippen molar-refractivity contribution in [1.29, 1.82) is 0 Å². The third-order valence-electron chi connectivity index (χ3n) is 4.42. The van der Waals surface area contributed by atoms with Gasteiger partial charge in [0.15, 0.2) is 0 Å². The van der Waals surface area contributed by atoms with Crippen LogP contribution in [0, 0.1) is 0 Å². The van der Waals surface area contributed by atoms with Gasteiger partial charge >= 0.3 is 0 Å². The maximum Gasteiger partial charge on any atom is 0.234 e. The molecule has 1 amide bonds. The molecule has 0 aliphatic carbocycles. The van der Waals surface area contributed by atoms with Crippen LogP contribution in [0.1, 0.15) is 25.8 Å². The molecule has 128 valence electrons. The average molecular weight is 319 g/mol. The van der Waals surface area contributed by atoms with E-state index in [1.165, 1.54) is 5.56 Å². The van der Waals surface area contributed by atoms with Crippen molar-refractivity contribution in [1.82, 2.24) is 15.1 Å². The van der Waals surface area contributed by atoms with E-state index < -0.39 is 0 Å². The van der Waals surface area contributed by atoms with Crippen LogP contribution in [0.25, 0.3) is 0 Å². The number of carbonyl (C=O) groups is 1. The molecule has 0 spiro atoms. The lowest BCUT2D eigenvalue weighted by atomic mass is 10.2. The van der Waals surface area contributed by atoms with Crippen molar-refractivity contribution in [2.24, 2.45) is 0 Å². The number of rotatable bonds is 7. The molecular formula is C18H29N3O2. The molecule has 1 aliphatic heterocycles. The summed E-state index contributed by atoms with van der Waals surface area (Å²) in [5.41, 5.74) is 1.30. The second kappa shape index (κ2) is 8.89. The predicted molar refractivity (Wildman–Crippen MR) is 92.6 cm³/mol. The standard InChI is InChI=1S/C18H29N3O2/c1-4-15(2)19-18(22)14-21-11-9-20(10-12-21)13-16-5-7-17(23-3)8-6-16/h5-8,15H,4,9-14H2,1-3H3,(H,19,22)/t15-/m1/s1. The average Bonchev–Trinajstić information content (AvgIpc) is 2.57. The Kier molecular flexibility index (Phi) is 6.86. The molecule has 1 aliphatic rings. The highest BCUT2D eigenvalue weighted by atomic mass is 16.5. The van der Waals surface area contributed by atoms with Crippen LogP contribution in [-0.2, 0) is 11.3 Å². The van der Waals surface area contributed by atoms with Crippen molar-refractivity contribution in [3.63, 3.8) is 0 Å². The summed E-state index contributed by atoms with van der Waals surface area (Å²) in [7, 11) is 1.69. The number of methoxy groups -OCH3 is 1. The Balaban J connectivity index is 1.72. The minimum Gasteiger partial charge on any atom is -0.497 e. The van der Waals surface area contributed by atoms with Crippen molar-refractivity contribution in [2.45, 2.75) is 32.9 Å². The summed E-state index contributed by atoms with van der Waals surface area (Å²) in [6.45, 7) is 9.50. The van der Waals surface area contributed by atoms with E-state index in [-0.39, 0.29) is 11.9 Å². The molecule has 1 heterocycles. The Morgan fingerprint density at radius 2 is 1.78 bits per heavy atom. The number of nitrogens with zero attached hydrogens (tertiary/aromatic N) is 2. The van der Waals surface area contributed by atoms with Crippen LogP contribution >= 0.6 is 0 Å². The van der Waals surface area contributed by atoms with Crippen molar-refractivity contribution < 1.29 is 9.53 Å². The fraction of sp³-hybridized carbons (Fsp3) is 0.611. The number of ether oxygens (including phenoxy) is 1.